The van der Waals surface area contributed by atoms with Gasteiger partial charge in [-0.2, -0.15) is 0 Å². The lowest BCUT2D eigenvalue weighted by Gasteiger charge is -2.04. The average Bonchev–Trinajstić information content (AvgIpc) is 3.00. The molecule has 0 aliphatic heterocycles. The Bertz CT molecular complexity index is 693. The van der Waals surface area contributed by atoms with Crippen molar-refractivity contribution < 1.29 is 14.0 Å². The van der Waals surface area contributed by atoms with E-state index < -0.39 is 6.03 Å². The molecule has 0 aliphatic carbocycles. The van der Waals surface area contributed by atoms with E-state index in [0.717, 1.165) is 6.42 Å². The van der Waals surface area contributed by atoms with Crippen LogP contribution in [0.1, 0.15) is 13.3 Å². The molecule has 24 heavy (non-hydrogen) atoms. The lowest BCUT2D eigenvalue weighted by molar-refractivity contribution is -0.118. The normalized spacial score (nSPS) is 10.2. The van der Waals surface area contributed by atoms with Gasteiger partial charge in [0.25, 0.3) is 0 Å². The van der Waals surface area contributed by atoms with Gasteiger partial charge in [0.15, 0.2) is 4.34 Å². The first-order valence-electron chi connectivity index (χ1n) is 7.13. The second kappa shape index (κ2) is 9.18. The second-order valence-corrected chi connectivity index (χ2v) is 6.80. The summed E-state index contributed by atoms with van der Waals surface area (Å²) in [6.45, 7) is 2.62. The lowest BCUT2D eigenvalue weighted by Crippen LogP contribution is -2.25. The van der Waals surface area contributed by atoms with Gasteiger partial charge in [-0.15, -0.1) is 10.2 Å². The smallest absolute Gasteiger partial charge is 0.325 e. The van der Waals surface area contributed by atoms with E-state index in [9.17, 15) is 14.0 Å². The van der Waals surface area contributed by atoms with Crippen LogP contribution in [0.5, 0.6) is 0 Å². The Morgan fingerprint density at radius 3 is 2.67 bits per heavy atom. The Morgan fingerprint density at radius 1 is 1.21 bits per heavy atom. The van der Waals surface area contributed by atoms with E-state index in [1.807, 2.05) is 6.92 Å². The number of carbonyl (C=O) groups excluding carboxylic acids is 2. The number of hydrogen-bond acceptors (Lipinski definition) is 6. The minimum absolute atomic E-state index is 0.0689. The van der Waals surface area contributed by atoms with E-state index in [1.165, 1.54) is 47.4 Å². The van der Waals surface area contributed by atoms with Crippen LogP contribution < -0.4 is 16.0 Å². The number of rotatable bonds is 7. The summed E-state index contributed by atoms with van der Waals surface area (Å²) < 4.78 is 13.4. The molecule has 2 aromatic rings. The molecule has 0 aliphatic rings. The Hall–Kier alpha value is -2.20. The number of halogens is 1. The molecule has 0 bridgehead atoms. The molecule has 3 N–H and O–H groups in total. The topological polar surface area (TPSA) is 96.0 Å². The first kappa shape index (κ1) is 18.1. The van der Waals surface area contributed by atoms with E-state index in [4.69, 9.17) is 0 Å². The number of benzene rings is 1. The average molecular weight is 369 g/mol. The van der Waals surface area contributed by atoms with Gasteiger partial charge in [-0.05, 0) is 30.7 Å². The molecule has 0 spiro atoms. The fourth-order valence-corrected chi connectivity index (χ4v) is 3.13. The summed E-state index contributed by atoms with van der Waals surface area (Å²) in [6.07, 6.45) is 0.881. The number of urea groups is 1. The zero-order valence-corrected chi connectivity index (χ0v) is 14.5. The largest absolute Gasteiger partial charge is 0.355 e. The molecule has 3 amide bonds. The minimum Gasteiger partial charge on any atom is -0.355 e. The Kier molecular flexibility index (Phi) is 6.94. The van der Waals surface area contributed by atoms with E-state index in [-0.39, 0.29) is 17.5 Å². The number of anilines is 2. The molecule has 0 atom stereocenters. The van der Waals surface area contributed by atoms with Crippen LogP contribution in [0.25, 0.3) is 0 Å². The maximum absolute atomic E-state index is 12.8. The SMILES string of the molecule is CCCNC(=O)CSc1nnc(NC(=O)Nc2ccc(F)cc2)s1. The maximum Gasteiger partial charge on any atom is 0.325 e. The molecule has 1 aromatic heterocycles. The number of thioether (sulfide) groups is 1. The van der Waals surface area contributed by atoms with Crippen molar-refractivity contribution in [1.82, 2.24) is 15.5 Å². The Morgan fingerprint density at radius 2 is 1.96 bits per heavy atom. The van der Waals surface area contributed by atoms with Crippen molar-refractivity contribution >= 4 is 45.9 Å². The monoisotopic (exact) mass is 369 g/mol. The molecule has 0 unspecified atom stereocenters. The van der Waals surface area contributed by atoms with Gasteiger partial charge in [-0.25, -0.2) is 9.18 Å². The van der Waals surface area contributed by atoms with Gasteiger partial charge < -0.3 is 10.6 Å². The highest BCUT2D eigenvalue weighted by atomic mass is 32.2. The second-order valence-electron chi connectivity index (χ2n) is 4.60. The molecule has 128 valence electrons. The van der Waals surface area contributed by atoms with Gasteiger partial charge in [0.2, 0.25) is 11.0 Å². The van der Waals surface area contributed by atoms with Crippen LogP contribution >= 0.6 is 23.1 Å². The quantitative estimate of drug-likeness (QED) is 0.515. The molecular weight excluding hydrogens is 353 g/mol. The van der Waals surface area contributed by atoms with Gasteiger partial charge in [0.05, 0.1) is 5.75 Å². The standard InChI is InChI=1S/C14H16FN5O2S2/c1-2-7-16-11(21)8-23-14-20-19-13(24-14)18-12(22)17-10-5-3-9(15)4-6-10/h3-6H,2,7-8H2,1H3,(H,16,21)(H2,17,18,19,22). The zero-order chi connectivity index (χ0) is 17.4. The lowest BCUT2D eigenvalue weighted by atomic mass is 10.3. The van der Waals surface area contributed by atoms with Crippen LogP contribution in [0, 0.1) is 5.82 Å². The van der Waals surface area contributed by atoms with Crippen molar-refractivity contribution in [2.24, 2.45) is 0 Å². The minimum atomic E-state index is -0.505. The summed E-state index contributed by atoms with van der Waals surface area (Å²) in [7, 11) is 0. The molecular formula is C14H16FN5O2S2. The van der Waals surface area contributed by atoms with Gasteiger partial charge in [0.1, 0.15) is 5.82 Å². The van der Waals surface area contributed by atoms with E-state index in [1.54, 1.807) is 0 Å². The first-order valence-corrected chi connectivity index (χ1v) is 8.93. The van der Waals surface area contributed by atoms with Crippen molar-refractivity contribution in [2.45, 2.75) is 17.7 Å². The number of nitrogens with one attached hydrogen (secondary N) is 3. The van der Waals surface area contributed by atoms with Gasteiger partial charge in [-0.1, -0.05) is 30.0 Å². The van der Waals surface area contributed by atoms with E-state index in [0.29, 0.717) is 21.7 Å². The number of nitrogens with zero attached hydrogens (tertiary/aromatic N) is 2. The molecule has 7 nitrogen and oxygen atoms in total. The van der Waals surface area contributed by atoms with Crippen molar-refractivity contribution in [1.29, 1.82) is 0 Å². The predicted molar refractivity (Wildman–Crippen MR) is 93.0 cm³/mol. The molecule has 10 heteroatoms. The van der Waals surface area contributed by atoms with Crippen LogP contribution in [0.2, 0.25) is 0 Å². The van der Waals surface area contributed by atoms with E-state index in [2.05, 4.69) is 26.1 Å². The highest BCUT2D eigenvalue weighted by Crippen LogP contribution is 2.25. The number of hydrogen-bond donors (Lipinski definition) is 3. The Balaban J connectivity index is 1.79. The first-order chi connectivity index (χ1) is 11.6. The van der Waals surface area contributed by atoms with Crippen LogP contribution in [-0.2, 0) is 4.79 Å². The summed E-state index contributed by atoms with van der Waals surface area (Å²) in [4.78, 5) is 23.3. The molecule has 1 aromatic carbocycles. The van der Waals surface area contributed by atoms with Crippen LogP contribution in [0.15, 0.2) is 28.6 Å². The molecule has 2 rings (SSSR count). The molecule has 0 fully saturated rings. The molecule has 1 heterocycles. The fourth-order valence-electron chi connectivity index (χ4n) is 1.55. The third-order valence-corrected chi connectivity index (χ3v) is 4.60. The fraction of sp³-hybridized carbons (Fsp3) is 0.286. The third kappa shape index (κ3) is 6.13. The summed E-state index contributed by atoms with van der Waals surface area (Å²) in [5.41, 5.74) is 0.459. The molecule has 0 saturated heterocycles. The maximum atomic E-state index is 12.8. The van der Waals surface area contributed by atoms with Crippen LogP contribution in [-0.4, -0.2) is 34.4 Å². The number of amides is 3. The highest BCUT2D eigenvalue weighted by Gasteiger charge is 2.10. The molecule has 0 radical (unpaired) electrons. The third-order valence-electron chi connectivity index (χ3n) is 2.63. The van der Waals surface area contributed by atoms with Gasteiger partial charge in [-0.3, -0.25) is 10.1 Å². The number of carbonyl (C=O) groups is 2. The summed E-state index contributed by atoms with van der Waals surface area (Å²) >= 11 is 2.42. The number of aromatic nitrogens is 2. The van der Waals surface area contributed by atoms with Crippen LogP contribution in [0.3, 0.4) is 0 Å². The Labute approximate surface area is 146 Å². The van der Waals surface area contributed by atoms with E-state index >= 15 is 0 Å². The molecule has 0 saturated carbocycles. The van der Waals surface area contributed by atoms with Crippen LogP contribution in [0.4, 0.5) is 20.0 Å². The highest BCUT2D eigenvalue weighted by molar-refractivity contribution is 8.01. The van der Waals surface area contributed by atoms with Gasteiger partial charge in [0, 0.05) is 12.2 Å². The van der Waals surface area contributed by atoms with Crippen molar-refractivity contribution in [3.05, 3.63) is 30.1 Å². The summed E-state index contributed by atoms with van der Waals surface area (Å²) in [5, 5.41) is 15.9. The zero-order valence-electron chi connectivity index (χ0n) is 12.8. The van der Waals surface area contributed by atoms with Crippen molar-refractivity contribution in [3.63, 3.8) is 0 Å². The summed E-state index contributed by atoms with van der Waals surface area (Å²) in [5.74, 6) is -0.202. The van der Waals surface area contributed by atoms with Crippen molar-refractivity contribution in [2.75, 3.05) is 22.9 Å². The predicted octanol–water partition coefficient (Wildman–Crippen LogP) is 2.94. The van der Waals surface area contributed by atoms with Crippen molar-refractivity contribution in [3.8, 4) is 0 Å². The van der Waals surface area contributed by atoms with Gasteiger partial charge >= 0.3 is 6.03 Å². The summed E-state index contributed by atoms with van der Waals surface area (Å²) in [6, 6.07) is 4.89.